The number of nitrogens with zero attached hydrogens (tertiary/aromatic N) is 1. The number of para-hydroxylation sites is 1. The minimum absolute atomic E-state index is 0. The van der Waals surface area contributed by atoms with Crippen molar-refractivity contribution in [1.82, 2.24) is 4.98 Å². The lowest BCUT2D eigenvalue weighted by Crippen LogP contribution is -3.00. The highest BCUT2D eigenvalue weighted by Gasteiger charge is 2.23. The van der Waals surface area contributed by atoms with Crippen LogP contribution in [0.1, 0.15) is 16.1 Å². The fourth-order valence-corrected chi connectivity index (χ4v) is 3.67. The molecular formula is C24H17BrN2O3. The summed E-state index contributed by atoms with van der Waals surface area (Å²) >= 11 is 0. The second kappa shape index (κ2) is 8.05. The number of pyridine rings is 1. The van der Waals surface area contributed by atoms with Crippen LogP contribution in [0.25, 0.3) is 27.9 Å². The third-order valence-corrected chi connectivity index (χ3v) is 5.01. The fourth-order valence-electron chi connectivity index (χ4n) is 3.67. The smallest absolute Gasteiger partial charge is 0.278 e. The maximum atomic E-state index is 13.2. The van der Waals surface area contributed by atoms with Gasteiger partial charge < -0.3 is 31.4 Å². The van der Waals surface area contributed by atoms with Gasteiger partial charge in [0, 0.05) is 22.4 Å². The Morgan fingerprint density at radius 2 is 1.97 bits per heavy atom. The molecule has 5 rings (SSSR count). The van der Waals surface area contributed by atoms with Gasteiger partial charge in [0.25, 0.3) is 11.5 Å². The van der Waals surface area contributed by atoms with Crippen LogP contribution in [0.5, 0.6) is 11.5 Å². The molecule has 0 aliphatic carbocycles. The van der Waals surface area contributed by atoms with Crippen molar-refractivity contribution in [3.8, 4) is 23.8 Å². The maximum absolute atomic E-state index is 13.2. The lowest BCUT2D eigenvalue weighted by Gasteiger charge is -2.01. The van der Waals surface area contributed by atoms with Crippen LogP contribution < -0.4 is 31.0 Å². The molecule has 0 bridgehead atoms. The van der Waals surface area contributed by atoms with E-state index in [9.17, 15) is 4.79 Å². The first-order chi connectivity index (χ1) is 14.2. The van der Waals surface area contributed by atoms with Crippen LogP contribution in [0.3, 0.4) is 0 Å². The molecule has 148 valence electrons. The molecule has 0 atom stereocenters. The van der Waals surface area contributed by atoms with Gasteiger partial charge in [0.1, 0.15) is 5.52 Å². The second-order valence-corrected chi connectivity index (χ2v) is 6.77. The molecule has 3 heterocycles. The summed E-state index contributed by atoms with van der Waals surface area (Å²) < 4.78 is 12.5. The summed E-state index contributed by atoms with van der Waals surface area (Å²) in [5.74, 6) is 3.88. The second-order valence-electron chi connectivity index (χ2n) is 6.77. The number of terminal acetylenes is 1. The zero-order valence-electron chi connectivity index (χ0n) is 15.9. The summed E-state index contributed by atoms with van der Waals surface area (Å²) in [5.41, 5.74) is 3.16. The van der Waals surface area contributed by atoms with Gasteiger partial charge in [0.2, 0.25) is 13.3 Å². The molecule has 5 nitrogen and oxygen atoms in total. The number of aromatic nitrogens is 2. The number of benzene rings is 2. The molecule has 0 saturated carbocycles. The minimum atomic E-state index is -0.130. The van der Waals surface area contributed by atoms with E-state index in [1.54, 1.807) is 16.7 Å². The number of carbonyl (C=O) groups excluding carboxylic acids is 1. The van der Waals surface area contributed by atoms with E-state index in [0.717, 1.165) is 27.4 Å². The number of hydrogen-bond acceptors (Lipinski definition) is 3. The molecule has 6 heteroatoms. The standard InChI is InChI=1S/C24H16N2O3.BrH/c1-2-12-26-13-11-18-17-5-3-4-6-19(17)25-23(18)24(26)20(27)9-7-16-8-10-21-22(14-16)29-15-28-21;/h1,3-11,13-14H,12,15H2;1H/b9-7+;. The molecule has 0 spiro atoms. The van der Waals surface area contributed by atoms with Crippen molar-refractivity contribution in [2.75, 3.05) is 6.79 Å². The third-order valence-electron chi connectivity index (χ3n) is 5.01. The number of H-pyrrole nitrogens is 1. The Morgan fingerprint density at radius 3 is 2.83 bits per heavy atom. The van der Waals surface area contributed by atoms with E-state index in [0.29, 0.717) is 23.7 Å². The van der Waals surface area contributed by atoms with Gasteiger partial charge in [0.05, 0.1) is 0 Å². The molecule has 0 saturated heterocycles. The number of halogens is 1. The number of fused-ring (bicyclic) bond motifs is 4. The predicted octanol–water partition coefficient (Wildman–Crippen LogP) is 0.871. The maximum Gasteiger partial charge on any atom is 0.278 e. The molecule has 4 aromatic rings. The van der Waals surface area contributed by atoms with Gasteiger partial charge in [-0.1, -0.05) is 30.3 Å². The average Bonchev–Trinajstić information content (AvgIpc) is 3.35. The van der Waals surface area contributed by atoms with E-state index >= 15 is 0 Å². The molecular weight excluding hydrogens is 444 g/mol. The lowest BCUT2D eigenvalue weighted by atomic mass is 10.1. The minimum Gasteiger partial charge on any atom is -1.00 e. The van der Waals surface area contributed by atoms with Gasteiger partial charge in [0.15, 0.2) is 17.7 Å². The lowest BCUT2D eigenvalue weighted by molar-refractivity contribution is -0.685. The molecule has 30 heavy (non-hydrogen) atoms. The number of nitrogens with one attached hydrogen (secondary N) is 1. The number of rotatable bonds is 4. The largest absolute Gasteiger partial charge is 1.00 e. The molecule has 0 radical (unpaired) electrons. The van der Waals surface area contributed by atoms with E-state index in [1.807, 2.05) is 54.7 Å². The molecule has 0 fully saturated rings. The Kier molecular flexibility index (Phi) is 5.30. The Hall–Kier alpha value is -3.56. The highest BCUT2D eigenvalue weighted by atomic mass is 79.9. The topological polar surface area (TPSA) is 55.2 Å². The van der Waals surface area contributed by atoms with Crippen LogP contribution in [-0.4, -0.2) is 17.6 Å². The van der Waals surface area contributed by atoms with Crippen molar-refractivity contribution in [2.24, 2.45) is 0 Å². The fraction of sp³-hybridized carbons (Fsp3) is 0.0833. The van der Waals surface area contributed by atoms with Gasteiger partial charge in [-0.15, -0.1) is 6.42 Å². The zero-order valence-corrected chi connectivity index (χ0v) is 17.5. The number of ether oxygens (including phenoxy) is 2. The van der Waals surface area contributed by atoms with Crippen molar-refractivity contribution < 1.29 is 35.8 Å². The highest BCUT2D eigenvalue weighted by Crippen LogP contribution is 2.33. The number of ketones is 1. The number of hydrogen-bond donors (Lipinski definition) is 1. The van der Waals surface area contributed by atoms with Crippen LogP contribution in [0.4, 0.5) is 0 Å². The molecule has 2 aromatic carbocycles. The van der Waals surface area contributed by atoms with Crippen molar-refractivity contribution in [1.29, 1.82) is 0 Å². The monoisotopic (exact) mass is 460 g/mol. The zero-order chi connectivity index (χ0) is 19.8. The van der Waals surface area contributed by atoms with Crippen LogP contribution >= 0.6 is 0 Å². The predicted molar refractivity (Wildman–Crippen MR) is 111 cm³/mol. The van der Waals surface area contributed by atoms with Crippen molar-refractivity contribution in [2.45, 2.75) is 6.54 Å². The van der Waals surface area contributed by atoms with Crippen LogP contribution in [0, 0.1) is 12.3 Å². The van der Waals surface area contributed by atoms with Crippen molar-refractivity contribution in [3.63, 3.8) is 0 Å². The Balaban J connectivity index is 0.00000218. The summed E-state index contributed by atoms with van der Waals surface area (Å²) in [6.45, 7) is 0.528. The first-order valence-electron chi connectivity index (χ1n) is 9.23. The summed E-state index contributed by atoms with van der Waals surface area (Å²) in [4.78, 5) is 16.6. The number of aromatic amines is 1. The van der Waals surface area contributed by atoms with Crippen LogP contribution in [0.15, 0.2) is 60.8 Å². The van der Waals surface area contributed by atoms with Crippen molar-refractivity contribution >= 4 is 33.7 Å². The van der Waals surface area contributed by atoms with E-state index in [2.05, 4.69) is 10.9 Å². The third kappa shape index (κ3) is 3.34. The highest BCUT2D eigenvalue weighted by molar-refractivity contribution is 6.16. The van der Waals surface area contributed by atoms with Crippen LogP contribution in [-0.2, 0) is 6.54 Å². The first-order valence-corrected chi connectivity index (χ1v) is 9.23. The van der Waals surface area contributed by atoms with E-state index in [-0.39, 0.29) is 29.6 Å². The summed E-state index contributed by atoms with van der Waals surface area (Å²) in [7, 11) is 0. The average molecular weight is 461 g/mol. The van der Waals surface area contributed by atoms with E-state index in [1.165, 1.54) is 0 Å². The Morgan fingerprint density at radius 1 is 1.13 bits per heavy atom. The molecule has 1 aliphatic rings. The number of allylic oxidation sites excluding steroid dienone is 1. The SMILES string of the molecule is C#CC[n+]1ccc2c([nH]c3ccccc32)c1C(=O)/C=C/c1ccc2c(c1)OCO2.[Br-]. The van der Waals surface area contributed by atoms with Gasteiger partial charge in [-0.05, 0) is 35.8 Å². The normalized spacial score (nSPS) is 12.2. The Labute approximate surface area is 183 Å². The quantitative estimate of drug-likeness (QED) is 0.213. The Bertz CT molecular complexity index is 1350. The van der Waals surface area contributed by atoms with Gasteiger partial charge in [-0.25, -0.2) is 0 Å². The first kappa shape index (κ1) is 19.7. The molecule has 1 aliphatic heterocycles. The molecule has 2 aromatic heterocycles. The molecule has 0 amide bonds. The summed E-state index contributed by atoms with van der Waals surface area (Å²) in [5, 5.41) is 2.07. The summed E-state index contributed by atoms with van der Waals surface area (Å²) in [6.07, 6.45) is 10.7. The van der Waals surface area contributed by atoms with E-state index < -0.39 is 0 Å². The number of carbonyl (C=O) groups is 1. The van der Waals surface area contributed by atoms with E-state index in [4.69, 9.17) is 15.9 Å². The summed E-state index contributed by atoms with van der Waals surface area (Å²) in [6, 6.07) is 15.6. The van der Waals surface area contributed by atoms with Gasteiger partial charge in [-0.2, -0.15) is 4.57 Å². The van der Waals surface area contributed by atoms with Gasteiger partial charge in [-0.3, -0.25) is 4.79 Å². The van der Waals surface area contributed by atoms with Crippen molar-refractivity contribution in [3.05, 3.63) is 72.1 Å². The van der Waals surface area contributed by atoms with Crippen LogP contribution in [0.2, 0.25) is 0 Å². The molecule has 1 N–H and O–H groups in total. The van der Waals surface area contributed by atoms with Gasteiger partial charge >= 0.3 is 0 Å². The molecule has 0 unspecified atom stereocenters.